The first-order valence-electron chi connectivity index (χ1n) is 9.93. The van der Waals surface area contributed by atoms with Gasteiger partial charge < -0.3 is 5.32 Å². The highest BCUT2D eigenvalue weighted by Crippen LogP contribution is 2.34. The van der Waals surface area contributed by atoms with Gasteiger partial charge in [0.25, 0.3) is 5.91 Å². The van der Waals surface area contributed by atoms with E-state index in [-0.39, 0.29) is 5.91 Å². The second-order valence-electron chi connectivity index (χ2n) is 7.15. The fourth-order valence-corrected chi connectivity index (χ4v) is 4.33. The fourth-order valence-electron chi connectivity index (χ4n) is 3.50. The Morgan fingerprint density at radius 1 is 1.00 bits per heavy atom. The van der Waals surface area contributed by atoms with Crippen molar-refractivity contribution in [1.29, 1.82) is 5.26 Å². The van der Waals surface area contributed by atoms with Crippen LogP contribution in [0.3, 0.4) is 0 Å². The summed E-state index contributed by atoms with van der Waals surface area (Å²) in [7, 11) is 0. The van der Waals surface area contributed by atoms with Crippen LogP contribution in [-0.4, -0.2) is 16.1 Å². The Hall–Kier alpha value is -4.21. The number of para-hydroxylation sites is 1. The normalized spacial score (nSPS) is 15.8. The number of hydrogen-bond donors (Lipinski definition) is 1. The number of nitrogens with zero attached hydrogens (tertiary/aromatic N) is 3. The van der Waals surface area contributed by atoms with Crippen molar-refractivity contribution in [1.82, 2.24) is 10.3 Å². The first kappa shape index (κ1) is 19.7. The molecular formula is C26H16N4OS. The number of carbonyl (C=O) groups is 1. The third-order valence-electron chi connectivity index (χ3n) is 5.00. The molecular weight excluding hydrogens is 416 g/mol. The summed E-state index contributed by atoms with van der Waals surface area (Å²) < 4.78 is 0. The lowest BCUT2D eigenvalue weighted by Gasteiger charge is -2.07. The minimum Gasteiger partial charge on any atom is -0.300 e. The molecule has 1 aromatic heterocycles. The number of aliphatic imine (C=N–C) groups is 1. The van der Waals surface area contributed by atoms with Crippen molar-refractivity contribution in [2.45, 2.75) is 0 Å². The van der Waals surface area contributed by atoms with E-state index in [1.807, 2.05) is 78.9 Å². The number of fused-ring (bicyclic) bond motifs is 1. The minimum atomic E-state index is -0.177. The van der Waals surface area contributed by atoms with Crippen molar-refractivity contribution in [3.8, 4) is 17.2 Å². The van der Waals surface area contributed by atoms with Gasteiger partial charge in [-0.25, -0.2) is 4.99 Å². The molecule has 1 amide bonds. The van der Waals surface area contributed by atoms with E-state index in [4.69, 9.17) is 4.99 Å². The summed E-state index contributed by atoms with van der Waals surface area (Å²) >= 11 is 1.31. The predicted molar refractivity (Wildman–Crippen MR) is 129 cm³/mol. The fraction of sp³-hybridized carbons (Fsp3) is 0. The predicted octanol–water partition coefficient (Wildman–Crippen LogP) is 5.67. The molecule has 1 saturated heterocycles. The summed E-state index contributed by atoms with van der Waals surface area (Å²) in [4.78, 5) is 22.2. The van der Waals surface area contributed by atoms with Gasteiger partial charge in [-0.05, 0) is 65.4 Å². The smallest absolute Gasteiger partial charge is 0.264 e. The van der Waals surface area contributed by atoms with Crippen LogP contribution in [0.25, 0.3) is 28.1 Å². The molecule has 1 aliphatic rings. The van der Waals surface area contributed by atoms with Crippen LogP contribution < -0.4 is 5.32 Å². The zero-order chi connectivity index (χ0) is 21.9. The van der Waals surface area contributed by atoms with E-state index >= 15 is 0 Å². The Kier molecular flexibility index (Phi) is 5.24. The molecule has 2 heterocycles. The van der Waals surface area contributed by atoms with Gasteiger partial charge in [0.1, 0.15) is 0 Å². The third-order valence-corrected chi connectivity index (χ3v) is 5.91. The number of hydrogen-bond acceptors (Lipinski definition) is 5. The first-order valence-corrected chi connectivity index (χ1v) is 10.8. The molecule has 5 rings (SSSR count). The van der Waals surface area contributed by atoms with Crippen molar-refractivity contribution < 1.29 is 4.79 Å². The maximum atomic E-state index is 12.6. The number of carbonyl (C=O) groups excluding carboxylic acids is 1. The van der Waals surface area contributed by atoms with E-state index in [0.29, 0.717) is 15.6 Å². The highest BCUT2D eigenvalue weighted by molar-refractivity contribution is 8.18. The van der Waals surface area contributed by atoms with E-state index in [1.165, 1.54) is 11.8 Å². The molecule has 152 valence electrons. The summed E-state index contributed by atoms with van der Waals surface area (Å²) in [5.41, 5.74) is 4.95. The molecule has 5 nitrogen and oxygen atoms in total. The highest BCUT2D eigenvalue weighted by Gasteiger charge is 2.24. The zero-order valence-electron chi connectivity index (χ0n) is 16.8. The molecule has 0 unspecified atom stereocenters. The molecule has 6 heteroatoms. The van der Waals surface area contributed by atoms with E-state index in [0.717, 1.165) is 33.3 Å². The quantitative estimate of drug-likeness (QED) is 0.424. The van der Waals surface area contributed by atoms with Crippen LogP contribution >= 0.6 is 11.8 Å². The third kappa shape index (κ3) is 4.02. The molecule has 1 fully saturated rings. The number of amides is 1. The van der Waals surface area contributed by atoms with Crippen LogP contribution in [0.4, 0.5) is 5.69 Å². The summed E-state index contributed by atoms with van der Waals surface area (Å²) in [6, 6.07) is 27.0. The van der Waals surface area contributed by atoms with E-state index in [9.17, 15) is 10.1 Å². The topological polar surface area (TPSA) is 78.1 Å². The molecule has 1 aliphatic heterocycles. The molecule has 0 saturated carbocycles. The maximum Gasteiger partial charge on any atom is 0.264 e. The zero-order valence-corrected chi connectivity index (χ0v) is 17.6. The average Bonchev–Trinajstić information content (AvgIpc) is 3.17. The second-order valence-corrected chi connectivity index (χ2v) is 8.18. The molecule has 0 atom stereocenters. The van der Waals surface area contributed by atoms with E-state index in [2.05, 4.69) is 16.4 Å². The van der Waals surface area contributed by atoms with Crippen LogP contribution in [0.15, 0.2) is 95.0 Å². The molecule has 0 spiro atoms. The van der Waals surface area contributed by atoms with Gasteiger partial charge in [-0.15, -0.1) is 0 Å². The van der Waals surface area contributed by atoms with Crippen molar-refractivity contribution in [3.63, 3.8) is 0 Å². The summed E-state index contributed by atoms with van der Waals surface area (Å²) in [5.74, 6) is -0.177. The number of pyridine rings is 1. The van der Waals surface area contributed by atoms with Crippen LogP contribution in [0.2, 0.25) is 0 Å². The van der Waals surface area contributed by atoms with Gasteiger partial charge in [-0.1, -0.05) is 42.5 Å². The lowest BCUT2D eigenvalue weighted by atomic mass is 10.0. The van der Waals surface area contributed by atoms with Gasteiger partial charge in [0.05, 0.1) is 27.7 Å². The number of amidine groups is 1. The molecule has 0 aliphatic carbocycles. The Bertz CT molecular complexity index is 1470. The lowest BCUT2D eigenvalue weighted by molar-refractivity contribution is -0.115. The maximum absolute atomic E-state index is 12.6. The van der Waals surface area contributed by atoms with Crippen molar-refractivity contribution >= 4 is 45.5 Å². The molecule has 32 heavy (non-hydrogen) atoms. The Morgan fingerprint density at radius 2 is 1.91 bits per heavy atom. The summed E-state index contributed by atoms with van der Waals surface area (Å²) in [5, 5.41) is 13.6. The van der Waals surface area contributed by atoms with E-state index in [1.54, 1.807) is 12.3 Å². The van der Waals surface area contributed by atoms with Gasteiger partial charge in [-0.3, -0.25) is 9.78 Å². The average molecular weight is 433 g/mol. The summed E-state index contributed by atoms with van der Waals surface area (Å²) in [6.07, 6.45) is 3.62. The number of rotatable bonds is 3. The summed E-state index contributed by atoms with van der Waals surface area (Å²) in [6.45, 7) is 0. The Morgan fingerprint density at radius 3 is 2.81 bits per heavy atom. The molecule has 0 radical (unpaired) electrons. The lowest BCUT2D eigenvalue weighted by Crippen LogP contribution is -2.19. The number of thioether (sulfide) groups is 1. The van der Waals surface area contributed by atoms with Crippen LogP contribution in [-0.2, 0) is 4.79 Å². The second kappa shape index (κ2) is 8.50. The number of aromatic nitrogens is 1. The SMILES string of the molecule is N#Cc1cccc(-c2ccccc2N=C2NC(=O)/C(=C\c3ccc4ncccc4c3)S2)c1. The number of benzene rings is 3. The van der Waals surface area contributed by atoms with Gasteiger partial charge in [0, 0.05) is 17.1 Å². The highest BCUT2D eigenvalue weighted by atomic mass is 32.2. The van der Waals surface area contributed by atoms with Crippen molar-refractivity contribution in [2.75, 3.05) is 0 Å². The minimum absolute atomic E-state index is 0.177. The van der Waals surface area contributed by atoms with Gasteiger partial charge >= 0.3 is 0 Å². The van der Waals surface area contributed by atoms with Crippen LogP contribution in [0.5, 0.6) is 0 Å². The molecule has 3 aromatic carbocycles. The molecule has 4 aromatic rings. The van der Waals surface area contributed by atoms with Gasteiger partial charge in [0.15, 0.2) is 5.17 Å². The van der Waals surface area contributed by atoms with Crippen molar-refractivity contribution in [2.24, 2.45) is 4.99 Å². The molecule has 0 bridgehead atoms. The Balaban J connectivity index is 1.46. The van der Waals surface area contributed by atoms with Crippen LogP contribution in [0.1, 0.15) is 11.1 Å². The Labute approximate surface area is 189 Å². The number of nitrogens with one attached hydrogen (secondary N) is 1. The van der Waals surface area contributed by atoms with Gasteiger partial charge in [-0.2, -0.15) is 5.26 Å². The van der Waals surface area contributed by atoms with Gasteiger partial charge in [0.2, 0.25) is 0 Å². The monoisotopic (exact) mass is 432 g/mol. The van der Waals surface area contributed by atoms with Crippen LogP contribution in [0, 0.1) is 11.3 Å². The van der Waals surface area contributed by atoms with E-state index < -0.39 is 0 Å². The van der Waals surface area contributed by atoms with Crippen molar-refractivity contribution in [3.05, 3.63) is 101 Å². The molecule has 1 N–H and O–H groups in total. The number of nitriles is 1. The standard InChI is InChI=1S/C26H16N4OS/c27-16-18-5-3-6-19(14-18)21-8-1-2-9-23(21)29-26-30-25(31)24(32-26)15-17-10-11-22-20(13-17)7-4-12-28-22/h1-15H,(H,29,30,31)/b24-15+. The first-order chi connectivity index (χ1) is 15.7. The largest absolute Gasteiger partial charge is 0.300 e.